The van der Waals surface area contributed by atoms with Gasteiger partial charge in [-0.15, -0.1) is 0 Å². The molecule has 0 amide bonds. The Morgan fingerprint density at radius 3 is 2.54 bits per heavy atom. The van der Waals surface area contributed by atoms with Crippen LogP contribution in [-0.4, -0.2) is 25.3 Å². The van der Waals surface area contributed by atoms with Crippen LogP contribution >= 0.6 is 23.1 Å². The minimum absolute atomic E-state index is 0.298. The van der Waals surface area contributed by atoms with Gasteiger partial charge in [-0.3, -0.25) is 0 Å². The van der Waals surface area contributed by atoms with Gasteiger partial charge < -0.3 is 9.45 Å². The molecule has 1 aliphatic heterocycles. The van der Waals surface area contributed by atoms with Gasteiger partial charge in [0.25, 0.3) is 5.01 Å². The van der Waals surface area contributed by atoms with E-state index < -0.39 is 10.1 Å². The number of thioether (sulfide) groups is 1. The maximum atomic E-state index is 11.2. The van der Waals surface area contributed by atoms with Crippen LogP contribution in [0.3, 0.4) is 0 Å². The van der Waals surface area contributed by atoms with Gasteiger partial charge in [0.2, 0.25) is 5.52 Å². The van der Waals surface area contributed by atoms with E-state index in [-0.39, 0.29) is 5.75 Å². The van der Waals surface area contributed by atoms with Crippen molar-refractivity contribution in [1.82, 2.24) is 0 Å². The average molecular weight is 529 g/mol. The van der Waals surface area contributed by atoms with Gasteiger partial charge in [0.1, 0.15) is 4.70 Å². The highest BCUT2D eigenvalue weighted by Gasteiger charge is 2.25. The summed E-state index contributed by atoms with van der Waals surface area (Å²) >= 11 is 3.51. The number of hydrogen-bond donors (Lipinski definition) is 0. The number of rotatable bonds is 8. The average Bonchev–Trinajstić information content (AvgIpc) is 3.29. The van der Waals surface area contributed by atoms with Crippen molar-refractivity contribution in [2.45, 2.75) is 58.9 Å². The molecule has 4 rings (SSSR count). The van der Waals surface area contributed by atoms with Crippen LogP contribution in [0.1, 0.15) is 48.4 Å². The molecule has 8 heteroatoms. The van der Waals surface area contributed by atoms with Crippen LogP contribution in [0.15, 0.2) is 51.9 Å². The summed E-state index contributed by atoms with van der Waals surface area (Å²) < 4.78 is 37.0. The Hall–Kier alpha value is -2.13. The summed E-state index contributed by atoms with van der Waals surface area (Å²) in [5.41, 5.74) is 7.25. The highest BCUT2D eigenvalue weighted by molar-refractivity contribution is 8.03. The Kier molecular flexibility index (Phi) is 7.76. The van der Waals surface area contributed by atoms with E-state index in [1.54, 1.807) is 23.1 Å². The molecule has 1 aromatic heterocycles. The van der Waals surface area contributed by atoms with Crippen LogP contribution in [0.5, 0.6) is 0 Å². The topological polar surface area (TPSA) is 64.3 Å². The van der Waals surface area contributed by atoms with E-state index in [0.717, 1.165) is 23.5 Å². The molecule has 0 spiro atoms. The van der Waals surface area contributed by atoms with Gasteiger partial charge in [-0.25, -0.2) is 8.42 Å². The van der Waals surface area contributed by atoms with Crippen LogP contribution in [0.25, 0.3) is 16.3 Å². The molecule has 0 atom stereocenters. The molecule has 0 aliphatic carbocycles. The van der Waals surface area contributed by atoms with E-state index in [1.807, 2.05) is 0 Å². The van der Waals surface area contributed by atoms with Gasteiger partial charge in [0.15, 0.2) is 6.54 Å². The Morgan fingerprint density at radius 2 is 1.86 bits per heavy atom. The number of allylic oxidation sites excluding steroid dienone is 2. The molecule has 2 aromatic carbocycles. The van der Waals surface area contributed by atoms with Crippen molar-refractivity contribution in [2.24, 2.45) is 0 Å². The monoisotopic (exact) mass is 528 g/mol. The Labute approximate surface area is 216 Å². The maximum Gasteiger partial charge on any atom is 0.263 e. The predicted molar refractivity (Wildman–Crippen MR) is 147 cm³/mol. The Bertz CT molecular complexity index is 1440. The molecule has 3 aromatic rings. The first-order valence-corrected chi connectivity index (χ1v) is 15.2. The third-order valence-electron chi connectivity index (χ3n) is 6.35. The summed E-state index contributed by atoms with van der Waals surface area (Å²) in [5, 5.41) is 2.29. The van der Waals surface area contributed by atoms with Crippen molar-refractivity contribution in [1.29, 1.82) is 0 Å². The first-order valence-electron chi connectivity index (χ1n) is 11.9. The van der Waals surface area contributed by atoms with E-state index in [4.69, 9.17) is 0 Å². The fourth-order valence-corrected chi connectivity index (χ4v) is 7.21. The smallest absolute Gasteiger partial charge is 0.263 e. The number of anilines is 1. The SMILES string of the molecule is CCC(=Cc1sc2cc(C)c(C)cc2[n+]1CCCS(=O)(=O)[O-])C=C1Sc2ccc(C)cc2N1CC. The molecule has 0 unspecified atom stereocenters. The lowest BCUT2D eigenvalue weighted by Crippen LogP contribution is -2.36. The van der Waals surface area contributed by atoms with Gasteiger partial charge in [0, 0.05) is 35.8 Å². The van der Waals surface area contributed by atoms with Gasteiger partial charge in [-0.2, -0.15) is 4.57 Å². The molecular weight excluding hydrogens is 497 g/mol. The highest BCUT2D eigenvalue weighted by atomic mass is 32.2. The van der Waals surface area contributed by atoms with E-state index >= 15 is 0 Å². The number of fused-ring (bicyclic) bond motifs is 2. The number of aromatic nitrogens is 1. The summed E-state index contributed by atoms with van der Waals surface area (Å²) in [6.07, 6.45) is 5.67. The van der Waals surface area contributed by atoms with E-state index in [1.165, 1.54) is 42.6 Å². The summed E-state index contributed by atoms with van der Waals surface area (Å²) in [4.78, 5) is 3.64. The minimum atomic E-state index is -4.23. The number of aryl methyl sites for hydroxylation is 4. The van der Waals surface area contributed by atoms with Gasteiger partial charge in [-0.1, -0.05) is 36.1 Å². The van der Waals surface area contributed by atoms with Crippen LogP contribution in [-0.2, 0) is 16.7 Å². The number of nitrogens with zero attached hydrogens (tertiary/aromatic N) is 2. The highest BCUT2D eigenvalue weighted by Crippen LogP contribution is 2.46. The predicted octanol–water partition coefficient (Wildman–Crippen LogP) is 6.32. The second-order valence-electron chi connectivity index (χ2n) is 8.98. The van der Waals surface area contributed by atoms with Crippen molar-refractivity contribution < 1.29 is 17.5 Å². The summed E-state index contributed by atoms with van der Waals surface area (Å²) in [6.45, 7) is 12.0. The lowest BCUT2D eigenvalue weighted by atomic mass is 10.1. The van der Waals surface area contributed by atoms with Crippen LogP contribution < -0.4 is 9.47 Å². The third kappa shape index (κ3) is 5.82. The molecular formula is C27H32N2O3S3. The number of hydrogen-bond acceptors (Lipinski definition) is 6. The zero-order valence-corrected chi connectivity index (χ0v) is 23.4. The van der Waals surface area contributed by atoms with Crippen molar-refractivity contribution >= 4 is 55.2 Å². The van der Waals surface area contributed by atoms with Crippen molar-refractivity contribution in [3.05, 3.63) is 68.7 Å². The Morgan fingerprint density at radius 1 is 1.11 bits per heavy atom. The normalized spacial score (nSPS) is 15.4. The lowest BCUT2D eigenvalue weighted by molar-refractivity contribution is -0.668. The maximum absolute atomic E-state index is 11.2. The quantitative estimate of drug-likeness (QED) is 0.253. The van der Waals surface area contributed by atoms with Crippen molar-refractivity contribution in [2.75, 3.05) is 17.2 Å². The van der Waals surface area contributed by atoms with E-state index in [0.29, 0.717) is 13.0 Å². The zero-order valence-electron chi connectivity index (χ0n) is 20.9. The molecule has 0 radical (unpaired) electrons. The molecule has 0 bridgehead atoms. The largest absolute Gasteiger partial charge is 0.748 e. The minimum Gasteiger partial charge on any atom is -0.748 e. The fourth-order valence-electron chi connectivity index (χ4n) is 4.30. The van der Waals surface area contributed by atoms with Crippen LogP contribution in [0.2, 0.25) is 0 Å². The number of thiazole rings is 1. The number of benzene rings is 2. The molecule has 35 heavy (non-hydrogen) atoms. The zero-order chi connectivity index (χ0) is 25.3. The van der Waals surface area contributed by atoms with E-state index in [9.17, 15) is 13.0 Å². The second-order valence-corrected chi connectivity index (χ2v) is 12.6. The molecule has 5 nitrogen and oxygen atoms in total. The molecule has 2 heterocycles. The lowest BCUT2D eigenvalue weighted by Gasteiger charge is -2.18. The molecule has 186 valence electrons. The van der Waals surface area contributed by atoms with Crippen molar-refractivity contribution in [3.8, 4) is 0 Å². The molecule has 0 saturated carbocycles. The first kappa shape index (κ1) is 25.9. The van der Waals surface area contributed by atoms with Gasteiger partial charge in [-0.05, 0) is 80.7 Å². The molecule has 0 N–H and O–H groups in total. The standard InChI is InChI=1S/C27H32N2O3S3/c1-6-21(16-26-28(7-2)22-13-18(3)9-10-24(22)33-26)17-27-29(11-8-12-35(30,31)32)23-14-19(4)20(5)15-25(23)34-27/h9-10,13-17H,6-8,11-12H2,1-5H3. The summed E-state index contributed by atoms with van der Waals surface area (Å²) in [5.74, 6) is -0.351. The third-order valence-corrected chi connectivity index (χ3v) is 9.35. The van der Waals surface area contributed by atoms with Gasteiger partial charge in [0.05, 0.1) is 20.8 Å². The van der Waals surface area contributed by atoms with Gasteiger partial charge >= 0.3 is 0 Å². The van der Waals surface area contributed by atoms with E-state index in [2.05, 4.69) is 86.6 Å². The molecule has 0 saturated heterocycles. The summed E-state index contributed by atoms with van der Waals surface area (Å²) in [7, 11) is -4.23. The molecule has 0 fully saturated rings. The van der Waals surface area contributed by atoms with Crippen molar-refractivity contribution in [3.63, 3.8) is 0 Å². The van der Waals surface area contributed by atoms with Crippen LogP contribution in [0, 0.1) is 20.8 Å². The van der Waals surface area contributed by atoms with Crippen LogP contribution in [0.4, 0.5) is 5.69 Å². The second kappa shape index (κ2) is 10.5. The summed E-state index contributed by atoms with van der Waals surface area (Å²) in [6, 6.07) is 11.0. The first-order chi connectivity index (χ1) is 16.6. The molecule has 1 aliphatic rings. The fraction of sp³-hybridized carbons (Fsp3) is 0.370. The Balaban J connectivity index is 1.75.